The molecule has 2 amide bonds. The predicted molar refractivity (Wildman–Crippen MR) is 194 cm³/mol. The Morgan fingerprint density at radius 1 is 0.900 bits per heavy atom. The van der Waals surface area contributed by atoms with Crippen molar-refractivity contribution in [3.8, 4) is 11.4 Å². The molecule has 0 atom stereocenters. The Hall–Kier alpha value is -5.28. The molecule has 1 saturated heterocycles. The van der Waals surface area contributed by atoms with Gasteiger partial charge in [0.25, 0.3) is 5.91 Å². The van der Waals surface area contributed by atoms with Gasteiger partial charge in [-0.15, -0.1) is 10.2 Å². The number of ether oxygens (including phenoxy) is 1. The van der Waals surface area contributed by atoms with Crippen molar-refractivity contribution in [2.75, 3.05) is 19.7 Å². The molecule has 1 aromatic heterocycles. The van der Waals surface area contributed by atoms with E-state index in [2.05, 4.69) is 46.7 Å². The molecular formula is C40H39ClN6O3. The number of benzene rings is 4. The fourth-order valence-electron chi connectivity index (χ4n) is 6.83. The minimum absolute atomic E-state index is 0.127. The maximum Gasteiger partial charge on any atom is 0.258 e. The molecule has 7 rings (SSSR count). The fourth-order valence-corrected chi connectivity index (χ4v) is 6.96. The average Bonchev–Trinajstić information content (AvgIpc) is 3.41. The van der Waals surface area contributed by atoms with Gasteiger partial charge in [0.05, 0.1) is 17.8 Å². The number of carbonyl (C=O) groups excluding carboxylic acids is 2. The molecule has 254 valence electrons. The zero-order chi connectivity index (χ0) is 34.6. The minimum Gasteiger partial charge on any atom is -0.484 e. The maximum atomic E-state index is 12.9. The first-order valence-electron chi connectivity index (χ1n) is 17.0. The summed E-state index contributed by atoms with van der Waals surface area (Å²) >= 11 is 6.17. The summed E-state index contributed by atoms with van der Waals surface area (Å²) in [5, 5.41) is 12.2. The molecule has 3 heterocycles. The summed E-state index contributed by atoms with van der Waals surface area (Å²) in [5.74, 6) is 2.42. The van der Waals surface area contributed by atoms with Crippen LogP contribution in [0, 0.1) is 13.8 Å². The average molecular weight is 687 g/mol. The first-order chi connectivity index (χ1) is 24.3. The van der Waals surface area contributed by atoms with E-state index in [-0.39, 0.29) is 18.4 Å². The first kappa shape index (κ1) is 33.2. The molecule has 2 aliphatic heterocycles. The predicted octanol–water partition coefficient (Wildman–Crippen LogP) is 6.53. The van der Waals surface area contributed by atoms with Crippen molar-refractivity contribution in [3.05, 3.63) is 141 Å². The van der Waals surface area contributed by atoms with Gasteiger partial charge in [0.15, 0.2) is 12.4 Å². The minimum atomic E-state index is -0.214. The van der Waals surface area contributed by atoms with Crippen molar-refractivity contribution in [2.24, 2.45) is 4.99 Å². The number of aliphatic imine (C=N–C) groups is 1. The van der Waals surface area contributed by atoms with Gasteiger partial charge >= 0.3 is 0 Å². The second-order valence-electron chi connectivity index (χ2n) is 13.0. The van der Waals surface area contributed by atoms with Crippen molar-refractivity contribution in [2.45, 2.75) is 52.1 Å². The van der Waals surface area contributed by atoms with Crippen LogP contribution in [0.15, 0.2) is 96.0 Å². The maximum absolute atomic E-state index is 12.9. The van der Waals surface area contributed by atoms with Gasteiger partial charge in [-0.1, -0.05) is 77.8 Å². The van der Waals surface area contributed by atoms with Gasteiger partial charge in [-0.2, -0.15) is 0 Å². The molecular weight excluding hydrogens is 648 g/mol. The third-order valence-electron chi connectivity index (χ3n) is 9.42. The van der Waals surface area contributed by atoms with Crippen molar-refractivity contribution >= 4 is 29.1 Å². The topological polar surface area (TPSA) is 102 Å². The number of carbonyl (C=O) groups is 2. The van der Waals surface area contributed by atoms with Crippen LogP contribution in [-0.4, -0.2) is 56.9 Å². The van der Waals surface area contributed by atoms with Crippen LogP contribution < -0.4 is 10.1 Å². The van der Waals surface area contributed by atoms with Crippen LogP contribution in [0.25, 0.3) is 5.69 Å². The molecule has 0 aliphatic carbocycles. The summed E-state index contributed by atoms with van der Waals surface area (Å²) in [6.45, 7) is 6.12. The summed E-state index contributed by atoms with van der Waals surface area (Å²) in [6, 6.07) is 29.8. The van der Waals surface area contributed by atoms with E-state index in [1.54, 1.807) is 0 Å². The third-order valence-corrected chi connectivity index (χ3v) is 9.67. The number of fused-ring (bicyclic) bond motifs is 3. The van der Waals surface area contributed by atoms with E-state index in [9.17, 15) is 9.59 Å². The zero-order valence-corrected chi connectivity index (χ0v) is 29.0. The van der Waals surface area contributed by atoms with Crippen LogP contribution in [-0.2, 0) is 29.1 Å². The summed E-state index contributed by atoms with van der Waals surface area (Å²) in [6.07, 6.45) is 2.29. The molecule has 0 radical (unpaired) electrons. The quantitative estimate of drug-likeness (QED) is 0.190. The molecule has 2 aliphatic rings. The lowest BCUT2D eigenvalue weighted by Gasteiger charge is -2.32. The standard InChI is InChI=1S/C40H39ClN6O3/c1-26-5-3-6-28(19-26)21-39(49)46-17-15-30(16-18-46)32-8-4-7-29(20-32)23-42-38(48)25-50-34-13-14-36-35(22-34)40(31-9-11-33(41)12-10-31)43-24-37-45-44-27(2)47(36)37/h3-14,19-20,22,30H,15-18,21,23-25H2,1-2H3,(H,42,48). The molecule has 50 heavy (non-hydrogen) atoms. The molecule has 1 fully saturated rings. The van der Waals surface area contributed by atoms with Crippen molar-refractivity contribution in [1.82, 2.24) is 25.0 Å². The fraction of sp³-hybridized carbons (Fsp3) is 0.275. The molecule has 0 spiro atoms. The van der Waals surface area contributed by atoms with E-state index in [0.29, 0.717) is 36.2 Å². The highest BCUT2D eigenvalue weighted by molar-refractivity contribution is 6.30. The van der Waals surface area contributed by atoms with Crippen LogP contribution in [0.1, 0.15) is 63.8 Å². The number of nitrogens with one attached hydrogen (secondary N) is 1. The number of hydrogen-bond acceptors (Lipinski definition) is 6. The second-order valence-corrected chi connectivity index (χ2v) is 13.4. The molecule has 1 N–H and O–H groups in total. The van der Waals surface area contributed by atoms with Gasteiger partial charge in [-0.25, -0.2) is 0 Å². The highest BCUT2D eigenvalue weighted by Crippen LogP contribution is 2.31. The summed E-state index contributed by atoms with van der Waals surface area (Å²) in [5.41, 5.74) is 7.96. The van der Waals surface area contributed by atoms with Gasteiger partial charge in [0.1, 0.15) is 18.1 Å². The van der Waals surface area contributed by atoms with Crippen LogP contribution in [0.5, 0.6) is 5.75 Å². The Morgan fingerprint density at radius 2 is 1.68 bits per heavy atom. The number of halogens is 1. The SMILES string of the molecule is Cc1cccc(CC(=O)N2CCC(c3cccc(CNC(=O)COc4ccc5c(c4)C(c4ccc(Cl)cc4)=NCc4nnc(C)n4-5)c3)CC2)c1. The largest absolute Gasteiger partial charge is 0.484 e. The number of aryl methyl sites for hydroxylation is 2. The molecule has 4 aromatic carbocycles. The molecule has 9 nitrogen and oxygen atoms in total. The van der Waals surface area contributed by atoms with Gasteiger partial charge < -0.3 is 15.0 Å². The second kappa shape index (κ2) is 14.7. The lowest BCUT2D eigenvalue weighted by Crippen LogP contribution is -2.38. The first-order valence-corrected chi connectivity index (χ1v) is 17.4. The Kier molecular flexibility index (Phi) is 9.76. The summed E-state index contributed by atoms with van der Waals surface area (Å²) in [4.78, 5) is 32.7. The highest BCUT2D eigenvalue weighted by atomic mass is 35.5. The number of hydrogen-bond donors (Lipinski definition) is 1. The van der Waals surface area contributed by atoms with Gasteiger partial charge in [0, 0.05) is 35.8 Å². The van der Waals surface area contributed by atoms with E-state index >= 15 is 0 Å². The highest BCUT2D eigenvalue weighted by Gasteiger charge is 2.25. The van der Waals surface area contributed by atoms with Crippen LogP contribution in [0.3, 0.4) is 0 Å². The van der Waals surface area contributed by atoms with E-state index < -0.39 is 0 Å². The van der Waals surface area contributed by atoms with Crippen LogP contribution >= 0.6 is 11.6 Å². The number of piperidine rings is 1. The van der Waals surface area contributed by atoms with Crippen molar-refractivity contribution in [1.29, 1.82) is 0 Å². The molecule has 0 saturated carbocycles. The number of aromatic nitrogens is 3. The Bertz CT molecular complexity index is 2060. The van der Waals surface area contributed by atoms with Gasteiger partial charge in [-0.3, -0.25) is 19.1 Å². The third kappa shape index (κ3) is 7.48. The Balaban J connectivity index is 0.950. The number of amides is 2. The smallest absolute Gasteiger partial charge is 0.258 e. The van der Waals surface area contributed by atoms with Gasteiger partial charge in [-0.05, 0) is 79.6 Å². The lowest BCUT2D eigenvalue weighted by atomic mass is 9.88. The van der Waals surface area contributed by atoms with Crippen LogP contribution in [0.4, 0.5) is 0 Å². The number of likely N-dealkylation sites (tertiary alicyclic amines) is 1. The van der Waals surface area contributed by atoms with Crippen molar-refractivity contribution in [3.63, 3.8) is 0 Å². The van der Waals surface area contributed by atoms with Gasteiger partial charge in [0.2, 0.25) is 5.91 Å². The van der Waals surface area contributed by atoms with E-state index in [1.807, 2.05) is 83.1 Å². The van der Waals surface area contributed by atoms with Crippen molar-refractivity contribution < 1.29 is 14.3 Å². The number of rotatable bonds is 9. The molecule has 5 aromatic rings. The Morgan fingerprint density at radius 3 is 2.48 bits per heavy atom. The monoisotopic (exact) mass is 686 g/mol. The van der Waals surface area contributed by atoms with E-state index in [4.69, 9.17) is 21.3 Å². The lowest BCUT2D eigenvalue weighted by molar-refractivity contribution is -0.131. The summed E-state index contributed by atoms with van der Waals surface area (Å²) in [7, 11) is 0. The van der Waals surface area contributed by atoms with Crippen LogP contribution in [0.2, 0.25) is 5.02 Å². The molecule has 10 heteroatoms. The molecule has 0 bridgehead atoms. The zero-order valence-electron chi connectivity index (χ0n) is 28.2. The number of nitrogens with zero attached hydrogens (tertiary/aromatic N) is 5. The molecule has 0 unspecified atom stereocenters. The van der Waals surface area contributed by atoms with E-state index in [0.717, 1.165) is 71.2 Å². The van der Waals surface area contributed by atoms with E-state index in [1.165, 1.54) is 11.1 Å². The Labute approximate surface area is 297 Å². The summed E-state index contributed by atoms with van der Waals surface area (Å²) < 4.78 is 8.00. The normalized spacial score (nSPS) is 14.3.